The van der Waals surface area contributed by atoms with E-state index in [-0.39, 0.29) is 5.31 Å². The van der Waals surface area contributed by atoms with E-state index in [0.717, 1.165) is 25.7 Å². The maximum absolute atomic E-state index is 5.98. The second kappa shape index (κ2) is 2.95. The van der Waals surface area contributed by atoms with Crippen molar-refractivity contribution < 1.29 is 0 Å². The van der Waals surface area contributed by atoms with Gasteiger partial charge < -0.3 is 5.73 Å². The van der Waals surface area contributed by atoms with Gasteiger partial charge in [0.25, 0.3) is 0 Å². The molecule has 2 heteroatoms. The molecule has 1 aliphatic rings. The lowest BCUT2D eigenvalue weighted by atomic mass is 9.65. The van der Waals surface area contributed by atoms with Crippen molar-refractivity contribution >= 4 is 7.85 Å². The van der Waals surface area contributed by atoms with E-state index >= 15 is 0 Å². The third-order valence-electron chi connectivity index (χ3n) is 2.41. The van der Waals surface area contributed by atoms with Crippen LogP contribution in [0.15, 0.2) is 0 Å². The lowest BCUT2D eigenvalue weighted by molar-refractivity contribution is 0.522. The molecule has 1 saturated carbocycles. The molecule has 1 nitrogen and oxygen atoms in total. The van der Waals surface area contributed by atoms with Crippen LogP contribution in [0, 0.1) is 0 Å². The Morgan fingerprint density at radius 2 is 2.10 bits per heavy atom. The molecule has 0 aromatic heterocycles. The molecule has 1 aliphatic carbocycles. The van der Waals surface area contributed by atoms with Crippen molar-refractivity contribution in [1.82, 2.24) is 0 Å². The predicted molar refractivity (Wildman–Crippen MR) is 45.2 cm³/mol. The summed E-state index contributed by atoms with van der Waals surface area (Å²) >= 11 is 0. The van der Waals surface area contributed by atoms with Crippen molar-refractivity contribution in [2.45, 2.75) is 50.4 Å². The highest BCUT2D eigenvalue weighted by Gasteiger charge is 2.21. The summed E-state index contributed by atoms with van der Waals surface area (Å²) in [5, 5.41) is 0.0636. The zero-order valence-electron chi connectivity index (χ0n) is 6.77. The van der Waals surface area contributed by atoms with Gasteiger partial charge in [-0.05, 0) is 12.8 Å². The summed E-state index contributed by atoms with van der Waals surface area (Å²) in [7, 11) is 5.98. The zero-order chi connectivity index (χ0) is 7.61. The molecule has 0 saturated heterocycles. The van der Waals surface area contributed by atoms with Gasteiger partial charge in [-0.25, -0.2) is 0 Å². The van der Waals surface area contributed by atoms with Gasteiger partial charge in [-0.2, -0.15) is 0 Å². The van der Waals surface area contributed by atoms with E-state index in [4.69, 9.17) is 13.6 Å². The van der Waals surface area contributed by atoms with E-state index in [9.17, 15) is 0 Å². The van der Waals surface area contributed by atoms with Crippen LogP contribution >= 0.6 is 0 Å². The molecule has 0 aromatic rings. The van der Waals surface area contributed by atoms with Gasteiger partial charge in [-0.1, -0.05) is 31.5 Å². The summed E-state index contributed by atoms with van der Waals surface area (Å²) in [6.07, 6.45) is 5.70. The molecule has 56 valence electrons. The van der Waals surface area contributed by atoms with E-state index in [1.807, 2.05) is 0 Å². The predicted octanol–water partition coefficient (Wildman–Crippen LogP) is 1.62. The summed E-state index contributed by atoms with van der Waals surface area (Å²) in [6, 6.07) is 0.408. The monoisotopic (exact) mass is 137 g/mol. The largest absolute Gasteiger partial charge is 0.328 e. The summed E-state index contributed by atoms with van der Waals surface area (Å²) in [6.45, 7) is 2.13. The number of hydrogen-bond donors (Lipinski definition) is 1. The lowest BCUT2D eigenvalue weighted by Crippen LogP contribution is -2.18. The Balaban J connectivity index is 2.41. The highest BCUT2D eigenvalue weighted by atomic mass is 14.6. The van der Waals surface area contributed by atoms with Crippen LogP contribution < -0.4 is 5.73 Å². The maximum Gasteiger partial charge on any atom is 0.0742 e. The molecular weight excluding hydrogens is 121 g/mol. The lowest BCUT2D eigenvalue weighted by Gasteiger charge is -2.21. The smallest absolute Gasteiger partial charge is 0.0742 e. The van der Waals surface area contributed by atoms with Gasteiger partial charge in [0, 0.05) is 6.04 Å². The average molecular weight is 137 g/mol. The molecule has 0 amide bonds. The van der Waals surface area contributed by atoms with Crippen molar-refractivity contribution in [1.29, 1.82) is 0 Å². The van der Waals surface area contributed by atoms with E-state index in [1.54, 1.807) is 0 Å². The molecule has 2 unspecified atom stereocenters. The zero-order valence-corrected chi connectivity index (χ0v) is 6.77. The van der Waals surface area contributed by atoms with Crippen LogP contribution in [0.1, 0.15) is 39.0 Å². The van der Waals surface area contributed by atoms with Gasteiger partial charge >= 0.3 is 0 Å². The summed E-state index contributed by atoms with van der Waals surface area (Å²) in [4.78, 5) is 0. The normalized spacial score (nSPS) is 42.8. The summed E-state index contributed by atoms with van der Waals surface area (Å²) < 4.78 is 0. The van der Waals surface area contributed by atoms with Gasteiger partial charge in [0.15, 0.2) is 0 Å². The van der Waals surface area contributed by atoms with Gasteiger partial charge in [0.2, 0.25) is 0 Å². The molecular formula is C8H16BN. The minimum atomic E-state index is 0.0636. The van der Waals surface area contributed by atoms with E-state index in [1.165, 1.54) is 6.42 Å². The Morgan fingerprint density at radius 3 is 2.80 bits per heavy atom. The van der Waals surface area contributed by atoms with Crippen LogP contribution in [0.2, 0.25) is 5.31 Å². The van der Waals surface area contributed by atoms with E-state index in [2.05, 4.69) is 6.92 Å². The first kappa shape index (κ1) is 8.12. The van der Waals surface area contributed by atoms with Crippen LogP contribution in [0.5, 0.6) is 0 Å². The first-order valence-corrected chi connectivity index (χ1v) is 4.15. The van der Waals surface area contributed by atoms with Crippen LogP contribution in [0.4, 0.5) is 0 Å². The minimum Gasteiger partial charge on any atom is -0.328 e. The minimum absolute atomic E-state index is 0.0636. The topological polar surface area (TPSA) is 26.0 Å². The molecule has 2 radical (unpaired) electrons. The van der Waals surface area contributed by atoms with Crippen molar-refractivity contribution in [2.24, 2.45) is 5.73 Å². The van der Waals surface area contributed by atoms with Crippen LogP contribution in [0.25, 0.3) is 0 Å². The fourth-order valence-corrected chi connectivity index (χ4v) is 1.55. The first-order chi connectivity index (χ1) is 4.60. The molecule has 10 heavy (non-hydrogen) atoms. The van der Waals surface area contributed by atoms with E-state index in [0.29, 0.717) is 6.04 Å². The number of nitrogens with two attached hydrogens (primary N) is 1. The highest BCUT2D eigenvalue weighted by Crippen LogP contribution is 2.36. The molecule has 0 bridgehead atoms. The van der Waals surface area contributed by atoms with Crippen molar-refractivity contribution in [3.05, 3.63) is 0 Å². The first-order valence-electron chi connectivity index (χ1n) is 4.15. The molecule has 1 rings (SSSR count). The number of rotatable bonds is 0. The Labute approximate surface area is 64.8 Å². The third-order valence-corrected chi connectivity index (χ3v) is 2.41. The summed E-state index contributed by atoms with van der Waals surface area (Å²) in [5.74, 6) is 0. The Morgan fingerprint density at radius 1 is 1.40 bits per heavy atom. The molecule has 0 spiro atoms. The standard InChI is InChI=1S/C8H16BN/c1-8(9)5-2-3-7(10)4-6-8/h7H,2-6,10H2,1H3. The van der Waals surface area contributed by atoms with Crippen LogP contribution in [0.3, 0.4) is 0 Å². The highest BCUT2D eigenvalue weighted by molar-refractivity contribution is 6.14. The second-order valence-corrected chi connectivity index (χ2v) is 3.85. The molecule has 1 fully saturated rings. The SMILES string of the molecule is [B]C1(C)CCCC(N)CC1. The Hall–Kier alpha value is 0.0249. The summed E-state index contributed by atoms with van der Waals surface area (Å²) in [5.41, 5.74) is 5.80. The van der Waals surface area contributed by atoms with Crippen molar-refractivity contribution in [2.75, 3.05) is 0 Å². The molecule has 2 N–H and O–H groups in total. The molecule has 0 aromatic carbocycles. The number of hydrogen-bond acceptors (Lipinski definition) is 1. The quantitative estimate of drug-likeness (QED) is 0.398. The fraction of sp³-hybridized carbons (Fsp3) is 1.00. The van der Waals surface area contributed by atoms with E-state index < -0.39 is 0 Å². The van der Waals surface area contributed by atoms with Gasteiger partial charge in [0.1, 0.15) is 0 Å². The Kier molecular flexibility index (Phi) is 2.40. The molecule has 0 aliphatic heterocycles. The van der Waals surface area contributed by atoms with Crippen LogP contribution in [-0.4, -0.2) is 13.9 Å². The third kappa shape index (κ3) is 2.33. The second-order valence-electron chi connectivity index (χ2n) is 3.85. The molecule has 2 atom stereocenters. The van der Waals surface area contributed by atoms with Crippen molar-refractivity contribution in [3.63, 3.8) is 0 Å². The fourth-order valence-electron chi connectivity index (χ4n) is 1.55. The Bertz CT molecular complexity index is 112. The van der Waals surface area contributed by atoms with Gasteiger partial charge in [0.05, 0.1) is 7.85 Å². The van der Waals surface area contributed by atoms with Crippen LogP contribution in [-0.2, 0) is 0 Å². The van der Waals surface area contributed by atoms with Crippen molar-refractivity contribution in [3.8, 4) is 0 Å². The van der Waals surface area contributed by atoms with Gasteiger partial charge in [-0.15, -0.1) is 0 Å². The average Bonchev–Trinajstić information content (AvgIpc) is 1.94. The maximum atomic E-state index is 5.98. The molecule has 0 heterocycles. The van der Waals surface area contributed by atoms with Gasteiger partial charge in [-0.3, -0.25) is 0 Å².